The predicted octanol–water partition coefficient (Wildman–Crippen LogP) is 7.51. The molecule has 1 fully saturated rings. The first-order valence-electron chi connectivity index (χ1n) is 14.6. The quantitative estimate of drug-likeness (QED) is 0.183. The molecule has 41 heavy (non-hydrogen) atoms. The zero-order valence-corrected chi connectivity index (χ0v) is 28.3. The van der Waals surface area contributed by atoms with Crippen LogP contribution in [0.25, 0.3) is 0 Å². The van der Waals surface area contributed by atoms with Crippen molar-refractivity contribution in [3.8, 4) is 5.75 Å². The summed E-state index contributed by atoms with van der Waals surface area (Å²) >= 11 is 0. The van der Waals surface area contributed by atoms with Crippen molar-refractivity contribution < 1.29 is 31.2 Å². The van der Waals surface area contributed by atoms with Gasteiger partial charge < -0.3 is 18.6 Å². The summed E-state index contributed by atoms with van der Waals surface area (Å²) in [4.78, 5) is 0.160. The fraction of sp³-hybridized carbons (Fsp3) is 0.625. The fourth-order valence-corrected chi connectivity index (χ4v) is 7.41. The Morgan fingerprint density at radius 1 is 1.05 bits per heavy atom. The Balaban J connectivity index is 1.88. The van der Waals surface area contributed by atoms with Gasteiger partial charge in [-0.15, -0.1) is 0 Å². The van der Waals surface area contributed by atoms with Gasteiger partial charge in [-0.05, 0) is 55.7 Å². The van der Waals surface area contributed by atoms with Crippen LogP contribution in [-0.4, -0.2) is 49.3 Å². The average molecular weight is 607 g/mol. The molecular weight excluding hydrogens is 556 g/mol. The number of aryl methyl sites for hydroxylation is 1. The van der Waals surface area contributed by atoms with Gasteiger partial charge in [-0.25, -0.2) is 0 Å². The molecule has 0 saturated carbocycles. The summed E-state index contributed by atoms with van der Waals surface area (Å²) in [5, 5.41) is -0.0220. The summed E-state index contributed by atoms with van der Waals surface area (Å²) in [6.07, 6.45) is -0.111. The Morgan fingerprint density at radius 3 is 2.20 bits per heavy atom. The van der Waals surface area contributed by atoms with Crippen LogP contribution in [0.4, 0.5) is 0 Å². The van der Waals surface area contributed by atoms with Crippen LogP contribution in [0.5, 0.6) is 5.75 Å². The number of rotatable bonds is 12. The third-order valence-corrected chi connectivity index (χ3v) is 14.4. The Kier molecular flexibility index (Phi) is 11.3. The molecule has 1 unspecified atom stereocenters. The van der Waals surface area contributed by atoms with Gasteiger partial charge in [-0.3, -0.25) is 4.18 Å². The average Bonchev–Trinajstić information content (AvgIpc) is 2.92. The Bertz CT molecular complexity index is 1210. The normalized spacial score (nSPS) is 22.6. The monoisotopic (exact) mass is 606 g/mol. The van der Waals surface area contributed by atoms with Gasteiger partial charge in [-0.2, -0.15) is 8.42 Å². The second-order valence-corrected chi connectivity index (χ2v) is 19.3. The van der Waals surface area contributed by atoms with Crippen LogP contribution in [0.2, 0.25) is 18.1 Å². The van der Waals surface area contributed by atoms with Gasteiger partial charge in [0, 0.05) is 23.3 Å². The highest BCUT2D eigenvalue weighted by Gasteiger charge is 2.46. The standard InChI is InChI=1S/C32H50O7SSi/c1-11-28(29-23(3)20-36-31(38-29)25-14-16-26(35-8)17-15-25)30(39-41(9,10)32(5,6)7)24(4)21-37-40(33,34)27-18-12-22(2)13-19-27/h12-19,23-24,28-31H,11,20-21H2,1-10H3/t23-,24-,28-,29-,30+,31?/m1/s1. The summed E-state index contributed by atoms with van der Waals surface area (Å²) < 4.78 is 57.0. The molecule has 1 heterocycles. The molecule has 6 atom stereocenters. The minimum absolute atomic E-state index is 0.00412. The van der Waals surface area contributed by atoms with E-state index >= 15 is 0 Å². The summed E-state index contributed by atoms with van der Waals surface area (Å²) in [5.74, 6) is 0.708. The third-order valence-electron chi connectivity index (χ3n) is 8.65. The molecule has 9 heteroatoms. The lowest BCUT2D eigenvalue weighted by molar-refractivity contribution is -0.259. The third kappa shape index (κ3) is 8.42. The van der Waals surface area contributed by atoms with Crippen LogP contribution in [-0.2, 0) is 28.2 Å². The van der Waals surface area contributed by atoms with Crippen molar-refractivity contribution in [2.45, 2.75) is 96.4 Å². The molecule has 1 aliphatic rings. The topological polar surface area (TPSA) is 80.3 Å². The van der Waals surface area contributed by atoms with Crippen LogP contribution >= 0.6 is 0 Å². The van der Waals surface area contributed by atoms with E-state index in [0.717, 1.165) is 23.3 Å². The second-order valence-electron chi connectivity index (χ2n) is 13.0. The molecule has 3 rings (SSSR count). The van der Waals surface area contributed by atoms with E-state index in [2.05, 4.69) is 47.7 Å². The van der Waals surface area contributed by atoms with Crippen molar-refractivity contribution in [1.29, 1.82) is 0 Å². The molecule has 0 spiro atoms. The molecule has 1 aliphatic heterocycles. The maximum Gasteiger partial charge on any atom is 0.296 e. The van der Waals surface area contributed by atoms with Crippen molar-refractivity contribution in [2.24, 2.45) is 17.8 Å². The van der Waals surface area contributed by atoms with E-state index in [0.29, 0.717) is 6.61 Å². The van der Waals surface area contributed by atoms with E-state index in [1.54, 1.807) is 31.4 Å². The van der Waals surface area contributed by atoms with Crippen LogP contribution in [0.1, 0.15) is 65.4 Å². The minimum Gasteiger partial charge on any atom is -0.497 e. The highest BCUT2D eigenvalue weighted by atomic mass is 32.2. The number of benzene rings is 2. The molecule has 7 nitrogen and oxygen atoms in total. The van der Waals surface area contributed by atoms with Crippen molar-refractivity contribution in [3.05, 3.63) is 59.7 Å². The fourth-order valence-electron chi connectivity index (χ4n) is 4.97. The molecule has 0 N–H and O–H groups in total. The predicted molar refractivity (Wildman–Crippen MR) is 165 cm³/mol. The van der Waals surface area contributed by atoms with Crippen LogP contribution in [0.3, 0.4) is 0 Å². The van der Waals surface area contributed by atoms with E-state index in [9.17, 15) is 8.42 Å². The summed E-state index contributed by atoms with van der Waals surface area (Å²) in [5.41, 5.74) is 1.92. The van der Waals surface area contributed by atoms with Crippen molar-refractivity contribution in [3.63, 3.8) is 0 Å². The largest absolute Gasteiger partial charge is 0.497 e. The number of ether oxygens (including phenoxy) is 3. The van der Waals surface area contributed by atoms with Gasteiger partial charge in [0.05, 0.1) is 37.4 Å². The summed E-state index contributed by atoms with van der Waals surface area (Å²) in [6, 6.07) is 14.5. The zero-order chi connectivity index (χ0) is 30.6. The number of hydrogen-bond donors (Lipinski definition) is 0. The maximum atomic E-state index is 13.0. The SMILES string of the molecule is CC[C@@H]([C@@H](O[Si](C)(C)C(C)(C)C)[C@H](C)COS(=O)(=O)c1ccc(C)cc1)[C@@H]1OC(c2ccc(OC)cc2)OC[C@H]1C. The van der Waals surface area contributed by atoms with Crippen molar-refractivity contribution in [2.75, 3.05) is 20.3 Å². The first-order chi connectivity index (χ1) is 19.1. The molecule has 0 radical (unpaired) electrons. The van der Waals surface area contributed by atoms with E-state index in [1.165, 1.54) is 0 Å². The van der Waals surface area contributed by atoms with Gasteiger partial charge in [0.1, 0.15) is 5.75 Å². The van der Waals surface area contributed by atoms with Crippen LogP contribution in [0, 0.1) is 24.7 Å². The Hall–Kier alpha value is -1.75. The molecule has 230 valence electrons. The lowest BCUT2D eigenvalue weighted by atomic mass is 9.81. The number of methoxy groups -OCH3 is 1. The number of hydrogen-bond acceptors (Lipinski definition) is 7. The highest BCUT2D eigenvalue weighted by molar-refractivity contribution is 7.86. The van der Waals surface area contributed by atoms with E-state index in [-0.39, 0.29) is 46.5 Å². The van der Waals surface area contributed by atoms with Gasteiger partial charge in [-0.1, -0.05) is 71.4 Å². The van der Waals surface area contributed by atoms with Crippen molar-refractivity contribution in [1.82, 2.24) is 0 Å². The van der Waals surface area contributed by atoms with Gasteiger partial charge >= 0.3 is 0 Å². The van der Waals surface area contributed by atoms with Gasteiger partial charge in [0.25, 0.3) is 10.1 Å². The lowest BCUT2D eigenvalue weighted by Gasteiger charge is -2.47. The first kappa shape index (κ1) is 33.7. The molecule has 0 amide bonds. The van der Waals surface area contributed by atoms with E-state index < -0.39 is 24.7 Å². The summed E-state index contributed by atoms with van der Waals surface area (Å²) in [6.45, 7) is 19.9. The lowest BCUT2D eigenvalue weighted by Crippen LogP contribution is -2.53. The molecule has 2 aromatic rings. The van der Waals surface area contributed by atoms with Gasteiger partial charge in [0.2, 0.25) is 0 Å². The molecule has 0 bridgehead atoms. The van der Waals surface area contributed by atoms with E-state index in [4.69, 9.17) is 22.8 Å². The van der Waals surface area contributed by atoms with Crippen LogP contribution in [0.15, 0.2) is 53.4 Å². The van der Waals surface area contributed by atoms with Crippen LogP contribution < -0.4 is 4.74 Å². The second kappa shape index (κ2) is 13.7. The zero-order valence-electron chi connectivity index (χ0n) is 26.5. The summed E-state index contributed by atoms with van der Waals surface area (Å²) in [7, 11) is -4.50. The smallest absolute Gasteiger partial charge is 0.296 e. The molecule has 0 aliphatic carbocycles. The Labute approximate surface area is 249 Å². The molecular formula is C32H50O7SSi. The van der Waals surface area contributed by atoms with Crippen molar-refractivity contribution >= 4 is 18.4 Å². The molecule has 2 aromatic carbocycles. The minimum atomic E-state index is -3.90. The highest BCUT2D eigenvalue weighted by Crippen LogP contribution is 2.43. The van der Waals surface area contributed by atoms with Gasteiger partial charge in [0.15, 0.2) is 14.6 Å². The Morgan fingerprint density at radius 2 is 1.66 bits per heavy atom. The maximum absolute atomic E-state index is 13.0. The molecule has 1 saturated heterocycles. The molecule has 0 aromatic heterocycles. The first-order valence-corrected chi connectivity index (χ1v) is 19.0. The van der Waals surface area contributed by atoms with E-state index in [1.807, 2.05) is 38.1 Å².